The molecule has 0 spiro atoms. The van der Waals surface area contributed by atoms with Gasteiger partial charge in [0, 0.05) is 65.0 Å². The van der Waals surface area contributed by atoms with Gasteiger partial charge in [-0.3, -0.25) is 14.6 Å². The molecular formula is C20H25N5O3. The summed E-state index contributed by atoms with van der Waals surface area (Å²) in [7, 11) is 1.62. The highest BCUT2D eigenvalue weighted by molar-refractivity contribution is 5.99. The van der Waals surface area contributed by atoms with Crippen LogP contribution >= 0.6 is 0 Å². The quantitative estimate of drug-likeness (QED) is 0.723. The number of hydrogen-bond acceptors (Lipinski definition) is 6. The van der Waals surface area contributed by atoms with Crippen LogP contribution in [-0.2, 0) is 4.74 Å². The lowest BCUT2D eigenvalue weighted by molar-refractivity contribution is 0.0746. The molecule has 0 unspecified atom stereocenters. The van der Waals surface area contributed by atoms with Crippen molar-refractivity contribution in [2.75, 3.05) is 51.3 Å². The first-order chi connectivity index (χ1) is 13.7. The number of amides is 2. The van der Waals surface area contributed by atoms with E-state index in [1.807, 2.05) is 18.2 Å². The van der Waals surface area contributed by atoms with Gasteiger partial charge in [-0.15, -0.1) is 0 Å². The summed E-state index contributed by atoms with van der Waals surface area (Å²) >= 11 is 0. The Morgan fingerprint density at radius 1 is 1.14 bits per heavy atom. The van der Waals surface area contributed by atoms with Gasteiger partial charge < -0.3 is 19.9 Å². The van der Waals surface area contributed by atoms with Crippen molar-refractivity contribution in [1.29, 1.82) is 0 Å². The Balaban J connectivity index is 1.57. The van der Waals surface area contributed by atoms with Crippen LogP contribution in [0.5, 0.6) is 0 Å². The first kappa shape index (κ1) is 19.8. The summed E-state index contributed by atoms with van der Waals surface area (Å²) in [5, 5.41) is 2.81. The van der Waals surface area contributed by atoms with E-state index >= 15 is 0 Å². The van der Waals surface area contributed by atoms with Crippen molar-refractivity contribution in [2.24, 2.45) is 0 Å². The molecule has 0 bridgehead atoms. The molecule has 2 amide bonds. The van der Waals surface area contributed by atoms with Crippen LogP contribution in [-0.4, -0.2) is 73.1 Å². The number of ether oxygens (including phenoxy) is 1. The molecule has 0 aliphatic carbocycles. The predicted molar refractivity (Wildman–Crippen MR) is 105 cm³/mol. The Kier molecular flexibility index (Phi) is 6.91. The summed E-state index contributed by atoms with van der Waals surface area (Å²) in [6.45, 7) is 3.74. The second-order valence-electron chi connectivity index (χ2n) is 6.53. The predicted octanol–water partition coefficient (Wildman–Crippen LogP) is 1.21. The number of carbonyl (C=O) groups excluding carboxylic acids is 2. The molecule has 1 aliphatic rings. The maximum Gasteiger partial charge on any atom is 0.255 e. The molecule has 0 aromatic carbocycles. The van der Waals surface area contributed by atoms with Crippen LogP contribution in [0.15, 0.2) is 42.9 Å². The SMILES string of the molecule is COCCCNC(=O)c1cncc(C(=O)N2CCN(c3ccccn3)CC2)c1. The topological polar surface area (TPSA) is 87.7 Å². The lowest BCUT2D eigenvalue weighted by Gasteiger charge is -2.35. The molecule has 148 valence electrons. The second kappa shape index (κ2) is 9.80. The zero-order chi connectivity index (χ0) is 19.8. The Morgan fingerprint density at radius 2 is 1.93 bits per heavy atom. The van der Waals surface area contributed by atoms with Crippen molar-refractivity contribution < 1.29 is 14.3 Å². The molecule has 1 N–H and O–H groups in total. The minimum atomic E-state index is -0.238. The number of carbonyl (C=O) groups is 2. The Hall–Kier alpha value is -3.00. The van der Waals surface area contributed by atoms with Gasteiger partial charge in [-0.25, -0.2) is 4.98 Å². The molecule has 3 heterocycles. The fraction of sp³-hybridized carbons (Fsp3) is 0.400. The number of nitrogens with one attached hydrogen (secondary N) is 1. The minimum absolute atomic E-state index is 0.109. The third-order valence-corrected chi connectivity index (χ3v) is 4.60. The van der Waals surface area contributed by atoms with E-state index in [2.05, 4.69) is 20.2 Å². The van der Waals surface area contributed by atoms with Gasteiger partial charge >= 0.3 is 0 Å². The van der Waals surface area contributed by atoms with Gasteiger partial charge in [-0.1, -0.05) is 6.07 Å². The van der Waals surface area contributed by atoms with Crippen LogP contribution in [0.2, 0.25) is 0 Å². The van der Waals surface area contributed by atoms with Crippen LogP contribution in [0.1, 0.15) is 27.1 Å². The first-order valence-electron chi connectivity index (χ1n) is 9.36. The van der Waals surface area contributed by atoms with Crippen molar-refractivity contribution in [2.45, 2.75) is 6.42 Å². The highest BCUT2D eigenvalue weighted by atomic mass is 16.5. The van der Waals surface area contributed by atoms with Crippen molar-refractivity contribution in [3.05, 3.63) is 54.0 Å². The van der Waals surface area contributed by atoms with E-state index < -0.39 is 0 Å². The molecule has 28 heavy (non-hydrogen) atoms. The Bertz CT molecular complexity index is 791. The van der Waals surface area contributed by atoms with Gasteiger partial charge in [0.25, 0.3) is 11.8 Å². The summed E-state index contributed by atoms with van der Waals surface area (Å²) in [5.41, 5.74) is 0.811. The number of pyridine rings is 2. The zero-order valence-corrected chi connectivity index (χ0v) is 16.0. The van der Waals surface area contributed by atoms with E-state index in [4.69, 9.17) is 4.74 Å². The van der Waals surface area contributed by atoms with Gasteiger partial charge in [-0.05, 0) is 24.6 Å². The number of anilines is 1. The highest BCUT2D eigenvalue weighted by Crippen LogP contribution is 2.15. The molecule has 2 aromatic rings. The molecule has 2 aromatic heterocycles. The van der Waals surface area contributed by atoms with Gasteiger partial charge in [0.05, 0.1) is 11.1 Å². The number of rotatable bonds is 7. The second-order valence-corrected chi connectivity index (χ2v) is 6.53. The smallest absolute Gasteiger partial charge is 0.255 e. The lowest BCUT2D eigenvalue weighted by Crippen LogP contribution is -2.49. The van der Waals surface area contributed by atoms with E-state index in [1.165, 1.54) is 12.4 Å². The molecule has 1 saturated heterocycles. The standard InChI is InChI=1S/C20H25N5O3/c1-28-12-4-7-23-19(26)16-13-17(15-21-14-16)20(27)25-10-8-24(9-11-25)18-5-2-3-6-22-18/h2-3,5-6,13-15H,4,7-12H2,1H3,(H,23,26). The van der Waals surface area contributed by atoms with Crippen LogP contribution in [0, 0.1) is 0 Å². The number of nitrogens with zero attached hydrogens (tertiary/aromatic N) is 4. The molecule has 1 fully saturated rings. The van der Waals surface area contributed by atoms with E-state index in [0.29, 0.717) is 37.4 Å². The van der Waals surface area contributed by atoms with E-state index in [1.54, 1.807) is 24.3 Å². The van der Waals surface area contributed by atoms with E-state index in [-0.39, 0.29) is 11.8 Å². The van der Waals surface area contributed by atoms with Gasteiger partial charge in [-0.2, -0.15) is 0 Å². The van der Waals surface area contributed by atoms with Crippen molar-refractivity contribution in [3.8, 4) is 0 Å². The third-order valence-electron chi connectivity index (χ3n) is 4.60. The van der Waals surface area contributed by atoms with Gasteiger partial charge in [0.1, 0.15) is 5.82 Å². The average Bonchev–Trinajstić information content (AvgIpc) is 2.77. The fourth-order valence-corrected chi connectivity index (χ4v) is 3.06. The Morgan fingerprint density at radius 3 is 2.64 bits per heavy atom. The third kappa shape index (κ3) is 5.04. The Labute approximate surface area is 164 Å². The van der Waals surface area contributed by atoms with Gasteiger partial charge in [0.2, 0.25) is 0 Å². The number of aromatic nitrogens is 2. The lowest BCUT2D eigenvalue weighted by atomic mass is 10.1. The zero-order valence-electron chi connectivity index (χ0n) is 16.0. The maximum atomic E-state index is 12.8. The average molecular weight is 383 g/mol. The molecule has 8 heteroatoms. The molecule has 3 rings (SSSR count). The molecule has 0 atom stereocenters. The number of hydrogen-bond donors (Lipinski definition) is 1. The molecule has 0 radical (unpaired) electrons. The molecule has 1 aliphatic heterocycles. The van der Waals surface area contributed by atoms with Gasteiger partial charge in [0.15, 0.2) is 0 Å². The van der Waals surface area contributed by atoms with E-state index in [0.717, 1.165) is 25.3 Å². The van der Waals surface area contributed by atoms with Crippen molar-refractivity contribution in [3.63, 3.8) is 0 Å². The number of piperazine rings is 1. The van der Waals surface area contributed by atoms with Crippen LogP contribution in [0.4, 0.5) is 5.82 Å². The van der Waals surface area contributed by atoms with Crippen LogP contribution in [0.25, 0.3) is 0 Å². The van der Waals surface area contributed by atoms with Crippen LogP contribution in [0.3, 0.4) is 0 Å². The van der Waals surface area contributed by atoms with E-state index in [9.17, 15) is 9.59 Å². The largest absolute Gasteiger partial charge is 0.385 e. The maximum absolute atomic E-state index is 12.8. The summed E-state index contributed by atoms with van der Waals surface area (Å²) < 4.78 is 4.96. The van der Waals surface area contributed by atoms with Crippen molar-refractivity contribution >= 4 is 17.6 Å². The van der Waals surface area contributed by atoms with Crippen molar-refractivity contribution in [1.82, 2.24) is 20.2 Å². The molecule has 0 saturated carbocycles. The normalized spacial score (nSPS) is 14.0. The summed E-state index contributed by atoms with van der Waals surface area (Å²) in [6.07, 6.45) is 5.48. The fourth-order valence-electron chi connectivity index (χ4n) is 3.06. The van der Waals surface area contributed by atoms with Crippen LogP contribution < -0.4 is 10.2 Å². The summed E-state index contributed by atoms with van der Waals surface area (Å²) in [4.78, 5) is 37.4. The minimum Gasteiger partial charge on any atom is -0.385 e. The number of methoxy groups -OCH3 is 1. The summed E-state index contributed by atoms with van der Waals surface area (Å²) in [5.74, 6) is 0.573. The monoisotopic (exact) mass is 383 g/mol. The summed E-state index contributed by atoms with van der Waals surface area (Å²) in [6, 6.07) is 7.41. The highest BCUT2D eigenvalue weighted by Gasteiger charge is 2.23. The first-order valence-corrected chi connectivity index (χ1v) is 9.36. The molecular weight excluding hydrogens is 358 g/mol. The molecule has 8 nitrogen and oxygen atoms in total.